The number of nitrogens with zero attached hydrogens (tertiary/aromatic N) is 3. The molecule has 3 rings (SSSR count). The minimum Gasteiger partial charge on any atom is -0.466 e. The number of hydrogen-bond donors (Lipinski definition) is 0. The van der Waals surface area contributed by atoms with Gasteiger partial charge in [0.1, 0.15) is 12.4 Å². The fourth-order valence-corrected chi connectivity index (χ4v) is 3.83. The van der Waals surface area contributed by atoms with Crippen LogP contribution in [0.15, 0.2) is 18.2 Å². The Bertz CT molecular complexity index is 838. The van der Waals surface area contributed by atoms with Crippen molar-refractivity contribution < 1.29 is 14.3 Å². The Balaban J connectivity index is 1.81. The normalized spacial score (nSPS) is 14.1. The average Bonchev–Trinajstić information content (AvgIpc) is 3.00. The number of fused-ring (bicyclic) bond motifs is 1. The molecule has 152 valence electrons. The van der Waals surface area contributed by atoms with Crippen LogP contribution < -0.4 is 0 Å². The van der Waals surface area contributed by atoms with Crippen LogP contribution in [-0.2, 0) is 40.4 Å². The van der Waals surface area contributed by atoms with Crippen LogP contribution in [0.2, 0.25) is 10.0 Å². The molecule has 0 amide bonds. The van der Waals surface area contributed by atoms with Crippen LogP contribution in [0, 0.1) is 0 Å². The Hall–Kier alpha value is -1.60. The lowest BCUT2D eigenvalue weighted by Gasteiger charge is -2.27. The first-order valence-electron chi connectivity index (χ1n) is 9.39. The monoisotopic (exact) mass is 425 g/mol. The van der Waals surface area contributed by atoms with Crippen molar-refractivity contribution in [2.75, 3.05) is 26.8 Å². The van der Waals surface area contributed by atoms with E-state index >= 15 is 0 Å². The van der Waals surface area contributed by atoms with E-state index in [1.807, 2.05) is 19.1 Å². The third-order valence-electron chi connectivity index (χ3n) is 4.82. The van der Waals surface area contributed by atoms with Crippen molar-refractivity contribution in [1.82, 2.24) is 14.5 Å². The number of benzene rings is 1. The molecule has 0 bridgehead atoms. The molecule has 0 atom stereocenters. The molecule has 1 aromatic heterocycles. The number of esters is 1. The first-order valence-corrected chi connectivity index (χ1v) is 10.1. The second-order valence-electron chi connectivity index (χ2n) is 6.76. The van der Waals surface area contributed by atoms with E-state index in [4.69, 9.17) is 37.7 Å². The molecule has 0 saturated heterocycles. The van der Waals surface area contributed by atoms with Crippen molar-refractivity contribution in [2.24, 2.45) is 0 Å². The van der Waals surface area contributed by atoms with Crippen LogP contribution >= 0.6 is 23.2 Å². The topological polar surface area (TPSA) is 56.6 Å². The second-order valence-corrected chi connectivity index (χ2v) is 7.60. The van der Waals surface area contributed by atoms with E-state index in [2.05, 4.69) is 9.47 Å². The Kier molecular flexibility index (Phi) is 7.35. The summed E-state index contributed by atoms with van der Waals surface area (Å²) in [5.74, 6) is 0.711. The summed E-state index contributed by atoms with van der Waals surface area (Å²) in [6.07, 6.45) is 1.23. The standard InChI is InChI=1S/C20H25Cl2N3O3/c1-3-28-20(26)7-9-24-8-6-17-18(12-24)25(19(23-17)13-27-2)11-14-10-15(21)4-5-16(14)22/h4-5,10H,3,6-9,11-13H2,1-2H3. The van der Waals surface area contributed by atoms with Crippen molar-refractivity contribution in [2.45, 2.75) is 39.5 Å². The van der Waals surface area contributed by atoms with Gasteiger partial charge in [0.25, 0.3) is 0 Å². The van der Waals surface area contributed by atoms with Gasteiger partial charge in [0.2, 0.25) is 0 Å². The first-order chi connectivity index (χ1) is 13.5. The maximum absolute atomic E-state index is 11.7. The van der Waals surface area contributed by atoms with E-state index in [-0.39, 0.29) is 5.97 Å². The number of hydrogen-bond acceptors (Lipinski definition) is 5. The molecule has 1 aromatic carbocycles. The smallest absolute Gasteiger partial charge is 0.307 e. The van der Waals surface area contributed by atoms with Gasteiger partial charge in [0, 0.05) is 43.2 Å². The van der Waals surface area contributed by atoms with Crippen LogP contribution in [-0.4, -0.2) is 47.2 Å². The van der Waals surface area contributed by atoms with E-state index in [9.17, 15) is 4.79 Å². The van der Waals surface area contributed by atoms with E-state index in [1.54, 1.807) is 13.2 Å². The number of aromatic nitrogens is 2. The minimum atomic E-state index is -0.160. The number of ether oxygens (including phenoxy) is 2. The molecule has 0 fully saturated rings. The first kappa shape index (κ1) is 21.1. The van der Waals surface area contributed by atoms with Gasteiger partial charge in [-0.3, -0.25) is 9.69 Å². The van der Waals surface area contributed by atoms with Gasteiger partial charge in [-0.25, -0.2) is 4.98 Å². The molecule has 2 heterocycles. The quantitative estimate of drug-likeness (QED) is 0.603. The Morgan fingerprint density at radius 1 is 1.32 bits per heavy atom. The molecule has 0 saturated carbocycles. The number of halogens is 2. The molecule has 6 nitrogen and oxygen atoms in total. The highest BCUT2D eigenvalue weighted by molar-refractivity contribution is 6.33. The van der Waals surface area contributed by atoms with Crippen molar-refractivity contribution in [3.63, 3.8) is 0 Å². The SMILES string of the molecule is CCOC(=O)CCN1CCc2nc(COC)n(Cc3cc(Cl)ccc3Cl)c2C1. The van der Waals surface area contributed by atoms with Crippen LogP contribution in [0.1, 0.15) is 36.1 Å². The van der Waals surface area contributed by atoms with Gasteiger partial charge in [0.15, 0.2) is 0 Å². The molecule has 0 radical (unpaired) electrons. The molecule has 2 aromatic rings. The molecule has 28 heavy (non-hydrogen) atoms. The molecule has 1 aliphatic rings. The number of rotatable bonds is 8. The maximum atomic E-state index is 11.7. The fourth-order valence-electron chi connectivity index (χ4n) is 3.46. The Morgan fingerprint density at radius 2 is 2.14 bits per heavy atom. The zero-order valence-electron chi connectivity index (χ0n) is 16.2. The third kappa shape index (κ3) is 5.06. The van der Waals surface area contributed by atoms with Gasteiger partial charge >= 0.3 is 5.97 Å². The fraction of sp³-hybridized carbons (Fsp3) is 0.500. The zero-order chi connectivity index (χ0) is 20.1. The summed E-state index contributed by atoms with van der Waals surface area (Å²) < 4.78 is 12.6. The molecule has 8 heteroatoms. The largest absolute Gasteiger partial charge is 0.466 e. The van der Waals surface area contributed by atoms with E-state index in [1.165, 1.54) is 0 Å². The van der Waals surface area contributed by atoms with Crippen LogP contribution in [0.4, 0.5) is 0 Å². The van der Waals surface area contributed by atoms with E-state index < -0.39 is 0 Å². The van der Waals surface area contributed by atoms with Crippen molar-refractivity contribution in [3.05, 3.63) is 51.0 Å². The molecule has 0 N–H and O–H groups in total. The minimum absolute atomic E-state index is 0.160. The zero-order valence-corrected chi connectivity index (χ0v) is 17.7. The lowest BCUT2D eigenvalue weighted by atomic mass is 10.1. The average molecular weight is 426 g/mol. The highest BCUT2D eigenvalue weighted by Crippen LogP contribution is 2.26. The van der Waals surface area contributed by atoms with Crippen molar-refractivity contribution >= 4 is 29.2 Å². The summed E-state index contributed by atoms with van der Waals surface area (Å²) in [7, 11) is 1.66. The van der Waals surface area contributed by atoms with Crippen LogP contribution in [0.25, 0.3) is 0 Å². The highest BCUT2D eigenvalue weighted by atomic mass is 35.5. The molecule has 1 aliphatic heterocycles. The van der Waals surface area contributed by atoms with Crippen LogP contribution in [0.3, 0.4) is 0 Å². The predicted octanol–water partition coefficient (Wildman–Crippen LogP) is 3.70. The summed E-state index contributed by atoms with van der Waals surface area (Å²) in [5.41, 5.74) is 3.16. The van der Waals surface area contributed by atoms with Gasteiger partial charge in [-0.1, -0.05) is 23.2 Å². The molecule has 0 spiro atoms. The van der Waals surface area contributed by atoms with Gasteiger partial charge in [-0.2, -0.15) is 0 Å². The van der Waals surface area contributed by atoms with Crippen molar-refractivity contribution in [3.8, 4) is 0 Å². The number of imidazole rings is 1. The Labute approximate surface area is 175 Å². The highest BCUT2D eigenvalue weighted by Gasteiger charge is 2.25. The number of carbonyl (C=O) groups is 1. The second kappa shape index (κ2) is 9.74. The third-order valence-corrected chi connectivity index (χ3v) is 5.42. The molecule has 0 aliphatic carbocycles. The summed E-state index contributed by atoms with van der Waals surface area (Å²) in [5, 5.41) is 1.32. The van der Waals surface area contributed by atoms with Crippen molar-refractivity contribution in [1.29, 1.82) is 0 Å². The molecule has 0 unspecified atom stereocenters. The molecular formula is C20H25Cl2N3O3. The lowest BCUT2D eigenvalue weighted by molar-refractivity contribution is -0.143. The molecular weight excluding hydrogens is 401 g/mol. The van der Waals surface area contributed by atoms with Crippen LogP contribution in [0.5, 0.6) is 0 Å². The lowest BCUT2D eigenvalue weighted by Crippen LogP contribution is -2.33. The predicted molar refractivity (Wildman–Crippen MR) is 109 cm³/mol. The van der Waals surface area contributed by atoms with Gasteiger partial charge in [-0.15, -0.1) is 0 Å². The van der Waals surface area contributed by atoms with Gasteiger partial charge < -0.3 is 14.0 Å². The van der Waals surface area contributed by atoms with Gasteiger partial charge in [-0.05, 0) is 30.7 Å². The maximum Gasteiger partial charge on any atom is 0.307 e. The van der Waals surface area contributed by atoms with E-state index in [0.717, 1.165) is 42.3 Å². The summed E-state index contributed by atoms with van der Waals surface area (Å²) >= 11 is 12.5. The summed E-state index contributed by atoms with van der Waals surface area (Å²) in [6.45, 7) is 5.50. The van der Waals surface area contributed by atoms with Gasteiger partial charge in [0.05, 0.1) is 31.0 Å². The number of carbonyl (C=O) groups excluding carboxylic acids is 1. The summed E-state index contributed by atoms with van der Waals surface area (Å²) in [4.78, 5) is 18.7. The van der Waals surface area contributed by atoms with E-state index in [0.29, 0.717) is 42.8 Å². The number of methoxy groups -OCH3 is 1. The summed E-state index contributed by atoms with van der Waals surface area (Å²) in [6, 6.07) is 5.47. The Morgan fingerprint density at radius 3 is 2.89 bits per heavy atom.